The molecule has 0 fully saturated rings. The van der Waals surface area contributed by atoms with Gasteiger partial charge in [-0.15, -0.1) is 0 Å². The summed E-state index contributed by atoms with van der Waals surface area (Å²) in [7, 11) is -0.739. The van der Waals surface area contributed by atoms with Crippen LogP contribution in [0.25, 0.3) is 0 Å². The van der Waals surface area contributed by atoms with Crippen LogP contribution in [-0.4, -0.2) is 68.8 Å². The summed E-state index contributed by atoms with van der Waals surface area (Å²) in [5.41, 5.74) is 0. The molecule has 0 radical (unpaired) electrons. The fraction of sp³-hybridized carbons (Fsp3) is 0.727. The maximum absolute atomic E-state index is 12.3. The first-order valence-corrected chi connectivity index (χ1v) is 13.4. The minimum Gasteiger partial charge on any atom is -0.478 e. The van der Waals surface area contributed by atoms with Crippen LogP contribution in [0.3, 0.4) is 0 Å². The molecule has 4 atom stereocenters. The lowest BCUT2D eigenvalue weighted by Gasteiger charge is -2.39. The lowest BCUT2D eigenvalue weighted by atomic mass is 10.1. The Morgan fingerprint density at radius 3 is 2.16 bits per heavy atom. The predicted molar refractivity (Wildman–Crippen MR) is 121 cm³/mol. The number of ether oxygens (including phenoxy) is 3. The summed E-state index contributed by atoms with van der Waals surface area (Å²) in [5.74, 6) is -1.69. The molecule has 180 valence electrons. The smallest absolute Gasteiger partial charge is 0.330 e. The van der Waals surface area contributed by atoms with Gasteiger partial charge in [-0.3, -0.25) is 0 Å². The third kappa shape index (κ3) is 12.8. The Bertz CT molecular complexity index is 607. The number of hydrogen-bond donors (Lipinski definition) is 2. The van der Waals surface area contributed by atoms with Crippen LogP contribution in [0.15, 0.2) is 24.3 Å². The Hall–Kier alpha value is -1.52. The number of carbonyl (C=O) groups excluding carboxylic acids is 1. The highest BCUT2D eigenvalue weighted by Crippen LogP contribution is 2.38. The molecule has 0 bridgehead atoms. The minimum atomic E-state index is -2.24. The largest absolute Gasteiger partial charge is 0.478 e. The van der Waals surface area contributed by atoms with Crippen molar-refractivity contribution < 1.29 is 38.4 Å². The van der Waals surface area contributed by atoms with Crippen molar-refractivity contribution in [2.75, 3.05) is 13.9 Å². The molecule has 0 aromatic rings. The number of methoxy groups -OCH3 is 1. The molecular formula is C22H40O8Si. The average Bonchev–Trinajstić information content (AvgIpc) is 2.63. The molecule has 0 heterocycles. The fourth-order valence-corrected chi connectivity index (χ4v) is 3.56. The second kappa shape index (κ2) is 13.8. The van der Waals surface area contributed by atoms with Crippen LogP contribution < -0.4 is 0 Å². The Morgan fingerprint density at radius 1 is 1.06 bits per heavy atom. The maximum atomic E-state index is 12.3. The third-order valence-corrected chi connectivity index (χ3v) is 9.62. The minimum absolute atomic E-state index is 0.0582. The van der Waals surface area contributed by atoms with Crippen molar-refractivity contribution in [2.24, 2.45) is 0 Å². The molecule has 0 aliphatic carbocycles. The summed E-state index contributed by atoms with van der Waals surface area (Å²) in [6, 6.07) is 0. The van der Waals surface area contributed by atoms with E-state index in [1.807, 2.05) is 13.1 Å². The van der Waals surface area contributed by atoms with Gasteiger partial charge in [0.25, 0.3) is 0 Å². The van der Waals surface area contributed by atoms with Crippen molar-refractivity contribution in [3.63, 3.8) is 0 Å². The molecule has 0 spiro atoms. The Balaban J connectivity index is 5.23. The molecule has 0 aromatic carbocycles. The van der Waals surface area contributed by atoms with E-state index < -0.39 is 44.7 Å². The van der Waals surface area contributed by atoms with Crippen molar-refractivity contribution in [3.05, 3.63) is 24.3 Å². The van der Waals surface area contributed by atoms with Crippen molar-refractivity contribution >= 4 is 20.3 Å². The van der Waals surface area contributed by atoms with Crippen LogP contribution >= 0.6 is 0 Å². The summed E-state index contributed by atoms with van der Waals surface area (Å²) in [6.07, 6.45) is 3.98. The number of esters is 1. The third-order valence-electron chi connectivity index (χ3n) is 5.15. The lowest BCUT2D eigenvalue weighted by Crippen LogP contribution is -2.46. The number of carboxylic acids is 1. The van der Waals surface area contributed by atoms with Gasteiger partial charge >= 0.3 is 11.9 Å². The summed E-state index contributed by atoms with van der Waals surface area (Å²) in [5, 5.41) is 18.4. The van der Waals surface area contributed by atoms with Crippen molar-refractivity contribution in [2.45, 2.75) is 90.0 Å². The first kappa shape index (κ1) is 29.5. The van der Waals surface area contributed by atoms with Gasteiger partial charge in [-0.05, 0) is 57.0 Å². The fourth-order valence-electron chi connectivity index (χ4n) is 2.26. The highest BCUT2D eigenvalue weighted by molar-refractivity contribution is 6.74. The van der Waals surface area contributed by atoms with Crippen molar-refractivity contribution in [3.8, 4) is 0 Å². The van der Waals surface area contributed by atoms with Crippen molar-refractivity contribution in [1.29, 1.82) is 0 Å². The van der Waals surface area contributed by atoms with Gasteiger partial charge in [0.2, 0.25) is 0 Å². The summed E-state index contributed by atoms with van der Waals surface area (Å²) >= 11 is 0. The van der Waals surface area contributed by atoms with Crippen LogP contribution in [-0.2, 0) is 28.2 Å². The van der Waals surface area contributed by atoms with Crippen LogP contribution in [0, 0.1) is 0 Å². The molecule has 2 N–H and O–H groups in total. The number of rotatable bonds is 14. The van der Waals surface area contributed by atoms with E-state index in [-0.39, 0.29) is 11.8 Å². The van der Waals surface area contributed by atoms with E-state index in [2.05, 4.69) is 20.8 Å². The lowest BCUT2D eigenvalue weighted by molar-refractivity contribution is -0.145. The molecular weight excluding hydrogens is 420 g/mol. The predicted octanol–water partition coefficient (Wildman–Crippen LogP) is 3.66. The normalized spacial score (nSPS) is 16.9. The zero-order valence-electron chi connectivity index (χ0n) is 20.1. The van der Waals surface area contributed by atoms with E-state index in [1.165, 1.54) is 19.3 Å². The number of hydrogen-bond acceptors (Lipinski definition) is 7. The molecule has 0 aliphatic rings. The molecule has 31 heavy (non-hydrogen) atoms. The maximum Gasteiger partial charge on any atom is 0.330 e. The zero-order valence-corrected chi connectivity index (χ0v) is 21.1. The van der Waals surface area contributed by atoms with Crippen LogP contribution in [0.1, 0.15) is 47.5 Å². The van der Waals surface area contributed by atoms with Crippen LogP contribution in [0.5, 0.6) is 0 Å². The first-order chi connectivity index (χ1) is 14.2. The molecule has 0 saturated carbocycles. The zero-order chi connectivity index (χ0) is 24.2. The second-order valence-corrected chi connectivity index (χ2v) is 13.8. The quantitative estimate of drug-likeness (QED) is 0.175. The van der Waals surface area contributed by atoms with E-state index in [0.29, 0.717) is 12.8 Å². The summed E-state index contributed by atoms with van der Waals surface area (Å²) in [6.45, 7) is 13.7. The number of carboxylic acid groups (broad SMARTS) is 1. The number of aliphatic hydroxyl groups is 1. The Labute approximate surface area is 187 Å². The van der Waals surface area contributed by atoms with Gasteiger partial charge in [0.05, 0.1) is 12.2 Å². The van der Waals surface area contributed by atoms with E-state index in [9.17, 15) is 14.7 Å². The topological polar surface area (TPSA) is 112 Å². The molecule has 0 aliphatic heterocycles. The highest BCUT2D eigenvalue weighted by Gasteiger charge is 2.40. The molecule has 0 amide bonds. The molecule has 0 unspecified atom stereocenters. The summed E-state index contributed by atoms with van der Waals surface area (Å²) in [4.78, 5) is 23.3. The van der Waals surface area contributed by atoms with Gasteiger partial charge in [0, 0.05) is 19.3 Å². The van der Waals surface area contributed by atoms with Gasteiger partial charge < -0.3 is 28.8 Å². The molecule has 0 rings (SSSR count). The van der Waals surface area contributed by atoms with Crippen LogP contribution in [0.4, 0.5) is 0 Å². The standard InChI is InChI=1S/C22H40O8Si/c1-16(23)9-10-18(28-15-27-6)11-14-21(26)29-17(2)19(12-13-20(24)25)30-31(7,8)22(3,4)5/h11-14,16-19,23H,9-10,15H2,1-8H3,(H,24,25)/b13-12+,14-11+/t16-,17-,18-,19+/m1/s1. The van der Waals surface area contributed by atoms with E-state index in [1.54, 1.807) is 19.9 Å². The van der Waals surface area contributed by atoms with Crippen LogP contribution in [0.2, 0.25) is 18.1 Å². The Morgan fingerprint density at radius 2 is 1.68 bits per heavy atom. The first-order valence-electron chi connectivity index (χ1n) is 10.5. The monoisotopic (exact) mass is 460 g/mol. The number of carbonyl (C=O) groups is 2. The van der Waals surface area contributed by atoms with Gasteiger partial charge in [-0.2, -0.15) is 0 Å². The van der Waals surface area contributed by atoms with Gasteiger partial charge in [-0.25, -0.2) is 9.59 Å². The van der Waals surface area contributed by atoms with Crippen molar-refractivity contribution in [1.82, 2.24) is 0 Å². The van der Waals surface area contributed by atoms with Gasteiger partial charge in [0.15, 0.2) is 8.32 Å². The van der Waals surface area contributed by atoms with Gasteiger partial charge in [0.1, 0.15) is 19.0 Å². The number of aliphatic hydroxyl groups excluding tert-OH is 1. The van der Waals surface area contributed by atoms with E-state index in [0.717, 1.165) is 6.08 Å². The highest BCUT2D eigenvalue weighted by atomic mass is 28.4. The Kier molecular flexibility index (Phi) is 13.1. The second-order valence-electron chi connectivity index (χ2n) is 9.08. The van der Waals surface area contributed by atoms with E-state index >= 15 is 0 Å². The molecule has 0 aromatic heterocycles. The van der Waals surface area contributed by atoms with Gasteiger partial charge in [-0.1, -0.05) is 20.8 Å². The molecule has 9 heteroatoms. The van der Waals surface area contributed by atoms with E-state index in [4.69, 9.17) is 23.7 Å². The molecule has 8 nitrogen and oxygen atoms in total. The SMILES string of the molecule is COCO[C@@H](/C=C/C(=O)O[C@H](C)[C@H](/C=C/C(=O)O)O[Si](C)(C)C(C)(C)C)CC[C@@H](C)O. The number of aliphatic carboxylic acids is 1. The molecule has 0 saturated heterocycles. The average molecular weight is 461 g/mol. The summed E-state index contributed by atoms with van der Waals surface area (Å²) < 4.78 is 22.1.